The van der Waals surface area contributed by atoms with Crippen molar-refractivity contribution in [3.8, 4) is 0 Å². The van der Waals surface area contributed by atoms with Crippen molar-refractivity contribution < 1.29 is 4.79 Å². The second-order valence-corrected chi connectivity index (χ2v) is 3.95. The minimum absolute atomic E-state index is 0.580. The molecule has 0 fully saturated rings. The molecule has 0 bridgehead atoms. The molecule has 0 aromatic carbocycles. The van der Waals surface area contributed by atoms with Gasteiger partial charge in [0.05, 0.1) is 6.20 Å². The lowest BCUT2D eigenvalue weighted by Crippen LogP contribution is -1.94. The number of carbonyl (C=O) groups excluding carboxylic acids is 1. The number of fused-ring (bicyclic) bond motifs is 1. The fraction of sp³-hybridized carbons (Fsp3) is 0.200. The van der Waals surface area contributed by atoms with Crippen molar-refractivity contribution in [3.63, 3.8) is 0 Å². The van der Waals surface area contributed by atoms with Crippen LogP contribution in [-0.2, 0) is 6.42 Å². The summed E-state index contributed by atoms with van der Waals surface area (Å²) < 4.78 is 2.76. The quantitative estimate of drug-likeness (QED) is 0.770. The van der Waals surface area contributed by atoms with Crippen molar-refractivity contribution in [1.82, 2.24) is 9.38 Å². The number of nitrogens with zero attached hydrogens (tertiary/aromatic N) is 2. The van der Waals surface area contributed by atoms with Gasteiger partial charge >= 0.3 is 0 Å². The Balaban J connectivity index is 2.83. The van der Waals surface area contributed by atoms with E-state index in [1.165, 1.54) is 0 Å². The normalized spacial score (nSPS) is 10.7. The summed E-state index contributed by atoms with van der Waals surface area (Å²) in [5, 5.41) is 0. The highest BCUT2D eigenvalue weighted by atomic mass is 79.9. The largest absolute Gasteiger partial charge is 0.296 e. The smallest absolute Gasteiger partial charge is 0.168 e. The summed E-state index contributed by atoms with van der Waals surface area (Å²) >= 11 is 3.41. The van der Waals surface area contributed by atoms with E-state index < -0.39 is 0 Å². The molecule has 0 spiro atoms. The van der Waals surface area contributed by atoms with Gasteiger partial charge in [-0.3, -0.25) is 9.20 Å². The zero-order valence-electron chi connectivity index (χ0n) is 7.70. The molecule has 4 heteroatoms. The lowest BCUT2D eigenvalue weighted by molar-refractivity contribution is 0.111. The molecule has 0 N–H and O–H groups in total. The van der Waals surface area contributed by atoms with Crippen molar-refractivity contribution in [3.05, 3.63) is 34.2 Å². The van der Waals surface area contributed by atoms with E-state index in [1.54, 1.807) is 10.6 Å². The van der Waals surface area contributed by atoms with Crippen LogP contribution >= 0.6 is 15.9 Å². The Morgan fingerprint density at radius 2 is 2.43 bits per heavy atom. The van der Waals surface area contributed by atoms with Gasteiger partial charge in [-0.05, 0) is 34.0 Å². The van der Waals surface area contributed by atoms with E-state index in [0.29, 0.717) is 5.69 Å². The number of carbonyl (C=O) groups is 1. The van der Waals surface area contributed by atoms with Gasteiger partial charge in [-0.15, -0.1) is 0 Å². The van der Waals surface area contributed by atoms with Crippen molar-refractivity contribution >= 4 is 27.9 Å². The maximum atomic E-state index is 10.7. The van der Waals surface area contributed by atoms with Gasteiger partial charge in [0, 0.05) is 10.7 Å². The van der Waals surface area contributed by atoms with Gasteiger partial charge < -0.3 is 0 Å². The summed E-state index contributed by atoms with van der Waals surface area (Å²) in [5.74, 6) is 0. The Hall–Kier alpha value is -1.16. The lowest BCUT2D eigenvalue weighted by atomic mass is 10.2. The third kappa shape index (κ3) is 1.35. The third-order valence-electron chi connectivity index (χ3n) is 2.18. The molecule has 0 amide bonds. The molecule has 0 atom stereocenters. The topological polar surface area (TPSA) is 34.4 Å². The minimum atomic E-state index is 0.580. The predicted molar refractivity (Wildman–Crippen MR) is 57.7 cm³/mol. The van der Waals surface area contributed by atoms with Crippen LogP contribution < -0.4 is 0 Å². The standard InChI is InChI=1S/C10H9BrN2O/c1-2-7-3-8(11)5-13-9(6-14)4-12-10(7)13/h3-6H,2H2,1H3. The van der Waals surface area contributed by atoms with Crippen molar-refractivity contribution in [1.29, 1.82) is 0 Å². The molecule has 0 aliphatic carbocycles. The summed E-state index contributed by atoms with van der Waals surface area (Å²) in [6.07, 6.45) is 5.16. The third-order valence-corrected chi connectivity index (χ3v) is 2.61. The van der Waals surface area contributed by atoms with E-state index in [-0.39, 0.29) is 0 Å². The zero-order valence-corrected chi connectivity index (χ0v) is 9.28. The van der Waals surface area contributed by atoms with Crippen LogP contribution in [-0.4, -0.2) is 15.7 Å². The van der Waals surface area contributed by atoms with Gasteiger partial charge in [0.2, 0.25) is 0 Å². The Bertz CT molecular complexity index is 490. The lowest BCUT2D eigenvalue weighted by Gasteiger charge is -2.02. The second-order valence-electron chi connectivity index (χ2n) is 3.03. The van der Waals surface area contributed by atoms with Crippen LogP contribution in [0.25, 0.3) is 5.65 Å². The monoisotopic (exact) mass is 252 g/mol. The molecular weight excluding hydrogens is 244 g/mol. The number of hydrogen-bond donors (Lipinski definition) is 0. The van der Waals surface area contributed by atoms with Gasteiger partial charge in [-0.25, -0.2) is 4.98 Å². The highest BCUT2D eigenvalue weighted by molar-refractivity contribution is 9.10. The Morgan fingerprint density at radius 1 is 1.64 bits per heavy atom. The van der Waals surface area contributed by atoms with Crippen LogP contribution in [0.4, 0.5) is 0 Å². The highest BCUT2D eigenvalue weighted by Crippen LogP contribution is 2.18. The van der Waals surface area contributed by atoms with Gasteiger partial charge in [0.15, 0.2) is 6.29 Å². The molecule has 0 saturated carbocycles. The second kappa shape index (κ2) is 3.53. The van der Waals surface area contributed by atoms with Crippen molar-refractivity contribution in [2.24, 2.45) is 0 Å². The van der Waals surface area contributed by atoms with Crippen LogP contribution in [0.15, 0.2) is 22.9 Å². The first-order valence-corrected chi connectivity index (χ1v) is 5.16. The molecule has 2 aromatic heterocycles. The molecule has 0 radical (unpaired) electrons. The van der Waals surface area contributed by atoms with Crippen LogP contribution in [0.1, 0.15) is 23.0 Å². The number of aldehydes is 1. The maximum absolute atomic E-state index is 10.7. The highest BCUT2D eigenvalue weighted by Gasteiger charge is 2.06. The Labute approximate surface area is 89.9 Å². The minimum Gasteiger partial charge on any atom is -0.296 e. The van der Waals surface area contributed by atoms with Crippen LogP contribution in [0.2, 0.25) is 0 Å². The zero-order chi connectivity index (χ0) is 10.1. The average molecular weight is 253 g/mol. The molecule has 72 valence electrons. The van der Waals surface area contributed by atoms with E-state index in [2.05, 4.69) is 27.8 Å². The van der Waals surface area contributed by atoms with Gasteiger partial charge in [0.1, 0.15) is 11.3 Å². The van der Waals surface area contributed by atoms with Crippen LogP contribution in [0.5, 0.6) is 0 Å². The molecule has 14 heavy (non-hydrogen) atoms. The first-order chi connectivity index (χ1) is 6.76. The number of imidazole rings is 1. The SMILES string of the molecule is CCc1cc(Br)cn2c(C=O)cnc12. The maximum Gasteiger partial charge on any atom is 0.168 e. The van der Waals surface area contributed by atoms with E-state index in [1.807, 2.05) is 12.3 Å². The van der Waals surface area contributed by atoms with Crippen molar-refractivity contribution in [2.45, 2.75) is 13.3 Å². The van der Waals surface area contributed by atoms with Crippen LogP contribution in [0.3, 0.4) is 0 Å². The summed E-state index contributed by atoms with van der Waals surface area (Å²) in [6.45, 7) is 2.07. The Morgan fingerprint density at radius 3 is 3.07 bits per heavy atom. The molecular formula is C10H9BrN2O. The fourth-order valence-electron chi connectivity index (χ4n) is 1.49. The molecule has 2 heterocycles. The number of rotatable bonds is 2. The molecule has 2 rings (SSSR count). The van der Waals surface area contributed by atoms with Gasteiger partial charge in [-0.1, -0.05) is 6.92 Å². The van der Waals surface area contributed by atoms with Crippen LogP contribution in [0, 0.1) is 0 Å². The van der Waals surface area contributed by atoms with E-state index >= 15 is 0 Å². The van der Waals surface area contributed by atoms with E-state index in [9.17, 15) is 4.79 Å². The molecule has 3 nitrogen and oxygen atoms in total. The Kier molecular flexibility index (Phi) is 2.37. The summed E-state index contributed by atoms with van der Waals surface area (Å²) in [4.78, 5) is 14.9. The van der Waals surface area contributed by atoms with E-state index in [0.717, 1.165) is 28.4 Å². The number of hydrogen-bond acceptors (Lipinski definition) is 2. The molecule has 0 unspecified atom stereocenters. The summed E-state index contributed by atoms with van der Waals surface area (Å²) in [7, 11) is 0. The first kappa shape index (κ1) is 9.40. The number of pyridine rings is 1. The predicted octanol–water partition coefficient (Wildman–Crippen LogP) is 2.47. The fourth-order valence-corrected chi connectivity index (χ4v) is 1.97. The number of halogens is 1. The average Bonchev–Trinajstić information content (AvgIpc) is 2.59. The number of aryl methyl sites for hydroxylation is 1. The molecule has 0 saturated heterocycles. The van der Waals surface area contributed by atoms with Crippen molar-refractivity contribution in [2.75, 3.05) is 0 Å². The first-order valence-electron chi connectivity index (χ1n) is 4.37. The number of aromatic nitrogens is 2. The summed E-state index contributed by atoms with van der Waals surface area (Å²) in [5.41, 5.74) is 2.57. The molecule has 2 aromatic rings. The summed E-state index contributed by atoms with van der Waals surface area (Å²) in [6, 6.07) is 2.02. The molecule has 0 aliphatic rings. The van der Waals surface area contributed by atoms with E-state index in [4.69, 9.17) is 0 Å². The molecule has 0 aliphatic heterocycles. The van der Waals surface area contributed by atoms with Gasteiger partial charge in [-0.2, -0.15) is 0 Å². The van der Waals surface area contributed by atoms with Gasteiger partial charge in [0.25, 0.3) is 0 Å².